The van der Waals surface area contributed by atoms with Crippen molar-refractivity contribution >= 4 is 15.7 Å². The molecule has 6 heteroatoms. The van der Waals surface area contributed by atoms with Crippen molar-refractivity contribution in [3.8, 4) is 0 Å². The normalized spacial score (nSPS) is 20.2. The number of hydrogen-bond donors (Lipinski definition) is 0. The van der Waals surface area contributed by atoms with Crippen LogP contribution in [0, 0.1) is 5.92 Å². The molecule has 0 saturated carbocycles. The highest BCUT2D eigenvalue weighted by atomic mass is 32.2. The average molecular weight is 284 g/mol. The predicted octanol–water partition coefficient (Wildman–Crippen LogP) is 1.35. The zero-order valence-corrected chi connectivity index (χ0v) is 12.2. The second-order valence-corrected chi connectivity index (χ2v) is 7.05. The predicted molar refractivity (Wildman–Crippen MR) is 74.2 cm³/mol. The third-order valence-electron chi connectivity index (χ3n) is 3.30. The fourth-order valence-electron chi connectivity index (χ4n) is 2.38. The lowest BCUT2D eigenvalue weighted by atomic mass is 10.0. The van der Waals surface area contributed by atoms with E-state index < -0.39 is 9.84 Å². The molecule has 1 aromatic heterocycles. The number of nitrogens with zero attached hydrogens (tertiary/aromatic N) is 2. The van der Waals surface area contributed by atoms with Crippen LogP contribution < -0.4 is 4.90 Å². The number of anilines is 1. The maximum Gasteiger partial charge on any atom is 0.179 e. The zero-order chi connectivity index (χ0) is 13.9. The summed E-state index contributed by atoms with van der Waals surface area (Å²) in [5.41, 5.74) is 0. The van der Waals surface area contributed by atoms with Gasteiger partial charge in [-0.05, 0) is 30.9 Å². The van der Waals surface area contributed by atoms with Crippen LogP contribution >= 0.6 is 0 Å². The van der Waals surface area contributed by atoms with Crippen molar-refractivity contribution in [3.05, 3.63) is 18.3 Å². The molecule has 1 fully saturated rings. The van der Waals surface area contributed by atoms with Crippen LogP contribution in [0.2, 0.25) is 0 Å². The van der Waals surface area contributed by atoms with Crippen molar-refractivity contribution in [1.29, 1.82) is 0 Å². The highest BCUT2D eigenvalue weighted by Crippen LogP contribution is 2.23. The van der Waals surface area contributed by atoms with Crippen molar-refractivity contribution in [1.82, 2.24) is 4.98 Å². The van der Waals surface area contributed by atoms with E-state index in [4.69, 9.17) is 4.74 Å². The topological polar surface area (TPSA) is 59.5 Å². The Hall–Kier alpha value is -1.14. The number of aromatic nitrogens is 1. The van der Waals surface area contributed by atoms with Crippen molar-refractivity contribution in [2.45, 2.75) is 17.7 Å². The van der Waals surface area contributed by atoms with Crippen molar-refractivity contribution in [2.75, 3.05) is 38.0 Å². The van der Waals surface area contributed by atoms with Crippen molar-refractivity contribution in [3.63, 3.8) is 0 Å². The van der Waals surface area contributed by atoms with E-state index in [0.717, 1.165) is 32.6 Å². The monoisotopic (exact) mass is 284 g/mol. The molecule has 0 N–H and O–H groups in total. The van der Waals surface area contributed by atoms with Gasteiger partial charge in [0.15, 0.2) is 9.84 Å². The Balaban J connectivity index is 2.16. The van der Waals surface area contributed by atoms with Gasteiger partial charge in [-0.15, -0.1) is 0 Å². The molecule has 0 radical (unpaired) electrons. The lowest BCUT2D eigenvalue weighted by Gasteiger charge is -2.28. The van der Waals surface area contributed by atoms with E-state index in [1.54, 1.807) is 18.3 Å². The first kappa shape index (κ1) is 14.3. The van der Waals surface area contributed by atoms with E-state index in [1.165, 1.54) is 6.26 Å². The molecular weight excluding hydrogens is 264 g/mol. The standard InChI is InChI=1S/C13H20N2O3S/c1-15(9-11-5-4-8-18-10-11)13-12(19(2,16)17)6-3-7-14-13/h3,6-7,11H,4-5,8-10H2,1-2H3. The molecule has 5 nitrogen and oxygen atoms in total. The van der Waals surface area contributed by atoms with Gasteiger partial charge in [0.1, 0.15) is 10.7 Å². The fourth-order valence-corrected chi connectivity index (χ4v) is 3.25. The minimum absolute atomic E-state index is 0.286. The molecule has 0 aliphatic carbocycles. The zero-order valence-electron chi connectivity index (χ0n) is 11.4. The molecule has 0 aromatic carbocycles. The molecule has 1 unspecified atom stereocenters. The molecule has 1 aliphatic rings. The fraction of sp³-hybridized carbons (Fsp3) is 0.615. The molecule has 1 atom stereocenters. The number of ether oxygens (including phenoxy) is 1. The molecule has 0 bridgehead atoms. The first-order chi connectivity index (χ1) is 8.98. The Morgan fingerprint density at radius 3 is 2.95 bits per heavy atom. The van der Waals surface area contributed by atoms with E-state index in [0.29, 0.717) is 11.7 Å². The van der Waals surface area contributed by atoms with E-state index in [-0.39, 0.29) is 4.90 Å². The third-order valence-corrected chi connectivity index (χ3v) is 4.42. The molecule has 19 heavy (non-hydrogen) atoms. The summed E-state index contributed by atoms with van der Waals surface area (Å²) < 4.78 is 29.0. The smallest absolute Gasteiger partial charge is 0.179 e. The SMILES string of the molecule is CN(CC1CCCOC1)c1ncccc1S(C)(=O)=O. The van der Waals surface area contributed by atoms with Gasteiger partial charge in [-0.25, -0.2) is 13.4 Å². The first-order valence-corrected chi connectivity index (χ1v) is 8.31. The highest BCUT2D eigenvalue weighted by molar-refractivity contribution is 7.90. The Bertz CT molecular complexity index is 524. The quantitative estimate of drug-likeness (QED) is 0.835. The van der Waals surface area contributed by atoms with Gasteiger partial charge in [0, 0.05) is 32.7 Å². The lowest BCUT2D eigenvalue weighted by Crippen LogP contribution is -2.32. The second kappa shape index (κ2) is 5.88. The van der Waals surface area contributed by atoms with Crippen LogP contribution in [-0.2, 0) is 14.6 Å². The van der Waals surface area contributed by atoms with Crippen LogP contribution in [0.1, 0.15) is 12.8 Å². The number of hydrogen-bond acceptors (Lipinski definition) is 5. The molecule has 2 rings (SSSR count). The van der Waals surface area contributed by atoms with Gasteiger partial charge in [-0.2, -0.15) is 0 Å². The molecular formula is C13H20N2O3S. The van der Waals surface area contributed by atoms with Gasteiger partial charge in [0.2, 0.25) is 0 Å². The lowest BCUT2D eigenvalue weighted by molar-refractivity contribution is 0.0576. The molecule has 1 saturated heterocycles. The van der Waals surface area contributed by atoms with Crippen molar-refractivity contribution in [2.24, 2.45) is 5.92 Å². The first-order valence-electron chi connectivity index (χ1n) is 6.42. The highest BCUT2D eigenvalue weighted by Gasteiger charge is 2.21. The third kappa shape index (κ3) is 3.67. The van der Waals surface area contributed by atoms with Crippen LogP contribution in [0.5, 0.6) is 0 Å². The van der Waals surface area contributed by atoms with Gasteiger partial charge in [0.05, 0.1) is 6.61 Å². The molecule has 106 valence electrons. The average Bonchev–Trinajstić information content (AvgIpc) is 2.39. The van der Waals surface area contributed by atoms with Crippen LogP contribution in [0.25, 0.3) is 0 Å². The summed E-state index contributed by atoms with van der Waals surface area (Å²) in [7, 11) is -1.37. The molecule has 0 amide bonds. The summed E-state index contributed by atoms with van der Waals surface area (Å²) in [6.07, 6.45) is 5.02. The maximum absolute atomic E-state index is 11.8. The summed E-state index contributed by atoms with van der Waals surface area (Å²) in [6.45, 7) is 2.34. The number of sulfone groups is 1. The van der Waals surface area contributed by atoms with E-state index in [1.807, 2.05) is 11.9 Å². The minimum Gasteiger partial charge on any atom is -0.381 e. The molecule has 1 aliphatic heterocycles. The van der Waals surface area contributed by atoms with E-state index in [9.17, 15) is 8.42 Å². The summed E-state index contributed by atoms with van der Waals surface area (Å²) in [5.74, 6) is 0.962. The Morgan fingerprint density at radius 2 is 2.32 bits per heavy atom. The van der Waals surface area contributed by atoms with E-state index in [2.05, 4.69) is 4.98 Å². The summed E-state index contributed by atoms with van der Waals surface area (Å²) in [6, 6.07) is 3.25. The summed E-state index contributed by atoms with van der Waals surface area (Å²) in [5, 5.41) is 0. The van der Waals surface area contributed by atoms with Gasteiger partial charge < -0.3 is 9.64 Å². The van der Waals surface area contributed by atoms with Crippen LogP contribution in [0.3, 0.4) is 0 Å². The number of pyridine rings is 1. The molecule has 2 heterocycles. The van der Waals surface area contributed by atoms with Crippen LogP contribution in [0.15, 0.2) is 23.2 Å². The van der Waals surface area contributed by atoms with Crippen LogP contribution in [0.4, 0.5) is 5.82 Å². The minimum atomic E-state index is -3.25. The Labute approximate surface area is 114 Å². The van der Waals surface area contributed by atoms with Gasteiger partial charge in [0.25, 0.3) is 0 Å². The van der Waals surface area contributed by atoms with Gasteiger partial charge in [-0.1, -0.05) is 0 Å². The van der Waals surface area contributed by atoms with Gasteiger partial charge in [-0.3, -0.25) is 0 Å². The van der Waals surface area contributed by atoms with Crippen molar-refractivity contribution < 1.29 is 13.2 Å². The summed E-state index contributed by atoms with van der Waals surface area (Å²) in [4.78, 5) is 6.42. The molecule has 0 spiro atoms. The Kier molecular flexibility index (Phi) is 4.42. The largest absolute Gasteiger partial charge is 0.381 e. The second-order valence-electron chi connectivity index (χ2n) is 5.06. The molecule has 1 aromatic rings. The maximum atomic E-state index is 11.8. The summed E-state index contributed by atoms with van der Waals surface area (Å²) >= 11 is 0. The van der Waals surface area contributed by atoms with Gasteiger partial charge >= 0.3 is 0 Å². The number of rotatable bonds is 4. The van der Waals surface area contributed by atoms with Crippen LogP contribution in [-0.4, -0.2) is 46.5 Å². The van der Waals surface area contributed by atoms with E-state index >= 15 is 0 Å². The Morgan fingerprint density at radius 1 is 1.53 bits per heavy atom.